The topological polar surface area (TPSA) is 40.6 Å². The number of thiocarbonyl (C=S) groups is 1. The number of nitrogens with zero attached hydrogens (tertiary/aromatic N) is 2. The Balaban J connectivity index is 1.54. The lowest BCUT2D eigenvalue weighted by molar-refractivity contribution is -0.131. The van der Waals surface area contributed by atoms with E-state index >= 15 is 0 Å². The van der Waals surface area contributed by atoms with Crippen LogP contribution in [0.5, 0.6) is 0 Å². The molecule has 1 saturated heterocycles. The molecule has 0 saturated carbocycles. The maximum atomic E-state index is 12.6. The van der Waals surface area contributed by atoms with Crippen molar-refractivity contribution in [2.45, 2.75) is 13.0 Å². The fourth-order valence-corrected chi connectivity index (χ4v) is 4.12. The largest absolute Gasteiger partial charge is 0.341 e. The molecule has 0 atom stereocenters. The van der Waals surface area contributed by atoms with E-state index in [0.717, 1.165) is 11.1 Å². The monoisotopic (exact) mass is 422 g/mol. The molecule has 6 heteroatoms. The molecule has 0 spiro atoms. The average Bonchev–Trinajstić information content (AvgIpc) is 3.00. The van der Waals surface area contributed by atoms with Gasteiger partial charge < -0.3 is 4.90 Å². The Morgan fingerprint density at radius 1 is 1.10 bits per heavy atom. The summed E-state index contributed by atoms with van der Waals surface area (Å²) in [5, 5.41) is 0. The second-order valence-corrected chi connectivity index (χ2v) is 8.29. The van der Waals surface area contributed by atoms with Gasteiger partial charge in [-0.05, 0) is 17.2 Å². The number of carbonyl (C=O) groups excluding carboxylic acids is 2. The summed E-state index contributed by atoms with van der Waals surface area (Å²) in [4.78, 5) is 28.8. The number of rotatable bonds is 7. The van der Waals surface area contributed by atoms with Crippen LogP contribution in [0.4, 0.5) is 0 Å². The van der Waals surface area contributed by atoms with Gasteiger partial charge in [-0.15, -0.1) is 0 Å². The Morgan fingerprint density at radius 2 is 1.76 bits per heavy atom. The smallest absolute Gasteiger partial charge is 0.266 e. The zero-order chi connectivity index (χ0) is 20.6. The van der Waals surface area contributed by atoms with Gasteiger partial charge in [0.05, 0.1) is 4.91 Å². The van der Waals surface area contributed by atoms with Crippen molar-refractivity contribution in [3.63, 3.8) is 0 Å². The van der Waals surface area contributed by atoms with Crippen LogP contribution in [0, 0.1) is 0 Å². The molecule has 0 radical (unpaired) electrons. The molecule has 2 aromatic rings. The van der Waals surface area contributed by atoms with Crippen molar-refractivity contribution >= 4 is 46.2 Å². The first-order chi connectivity index (χ1) is 14.0. The second kappa shape index (κ2) is 10.2. The molecule has 1 aliphatic heterocycles. The van der Waals surface area contributed by atoms with E-state index in [2.05, 4.69) is 0 Å². The molecule has 29 heavy (non-hydrogen) atoms. The van der Waals surface area contributed by atoms with Crippen LogP contribution < -0.4 is 0 Å². The van der Waals surface area contributed by atoms with Crippen LogP contribution in [0.3, 0.4) is 0 Å². The highest BCUT2D eigenvalue weighted by Gasteiger charge is 2.31. The molecule has 1 fully saturated rings. The zero-order valence-corrected chi connectivity index (χ0v) is 17.8. The van der Waals surface area contributed by atoms with Gasteiger partial charge in [-0.25, -0.2) is 0 Å². The van der Waals surface area contributed by atoms with Gasteiger partial charge in [-0.1, -0.05) is 96.8 Å². The lowest BCUT2D eigenvalue weighted by atomic mass is 10.2. The fourth-order valence-electron chi connectivity index (χ4n) is 2.86. The van der Waals surface area contributed by atoms with Gasteiger partial charge in [0, 0.05) is 26.6 Å². The van der Waals surface area contributed by atoms with Crippen molar-refractivity contribution in [3.8, 4) is 0 Å². The molecule has 0 aliphatic carbocycles. The van der Waals surface area contributed by atoms with Crippen LogP contribution in [0.25, 0.3) is 6.08 Å². The van der Waals surface area contributed by atoms with Gasteiger partial charge in [0.25, 0.3) is 5.91 Å². The number of hydrogen-bond acceptors (Lipinski definition) is 4. The van der Waals surface area contributed by atoms with Crippen molar-refractivity contribution in [1.29, 1.82) is 0 Å². The Hall–Kier alpha value is -2.70. The third kappa shape index (κ3) is 5.89. The predicted octanol–water partition coefficient (Wildman–Crippen LogP) is 4.49. The van der Waals surface area contributed by atoms with E-state index in [-0.39, 0.29) is 18.2 Å². The van der Waals surface area contributed by atoms with Crippen molar-refractivity contribution in [2.24, 2.45) is 0 Å². The number of allylic oxidation sites excluding steroid dienone is 2. The van der Waals surface area contributed by atoms with E-state index in [1.165, 1.54) is 16.7 Å². The summed E-state index contributed by atoms with van der Waals surface area (Å²) < 4.78 is 0.493. The molecule has 0 aromatic heterocycles. The molecule has 2 aromatic carbocycles. The average molecular weight is 423 g/mol. The molecule has 3 rings (SSSR count). The molecule has 0 N–H and O–H groups in total. The molecule has 0 bridgehead atoms. The van der Waals surface area contributed by atoms with Gasteiger partial charge in [-0.2, -0.15) is 0 Å². The van der Waals surface area contributed by atoms with Crippen molar-refractivity contribution in [1.82, 2.24) is 9.80 Å². The number of carbonyl (C=O) groups is 2. The van der Waals surface area contributed by atoms with Crippen LogP contribution in [-0.2, 0) is 16.1 Å². The van der Waals surface area contributed by atoms with Crippen molar-refractivity contribution in [2.75, 3.05) is 13.6 Å². The van der Waals surface area contributed by atoms with Crippen LogP contribution in [0.1, 0.15) is 17.5 Å². The van der Waals surface area contributed by atoms with Crippen LogP contribution in [0.2, 0.25) is 0 Å². The van der Waals surface area contributed by atoms with E-state index in [0.29, 0.717) is 22.3 Å². The molecular formula is C23H22N2O2S2. The Kier molecular flexibility index (Phi) is 7.38. The number of thioether (sulfide) groups is 1. The van der Waals surface area contributed by atoms with E-state index in [9.17, 15) is 9.59 Å². The van der Waals surface area contributed by atoms with Crippen LogP contribution >= 0.6 is 24.0 Å². The minimum Gasteiger partial charge on any atom is -0.341 e. The molecule has 4 nitrogen and oxygen atoms in total. The minimum absolute atomic E-state index is 0.0177. The van der Waals surface area contributed by atoms with Crippen molar-refractivity contribution < 1.29 is 9.59 Å². The van der Waals surface area contributed by atoms with Crippen LogP contribution in [0.15, 0.2) is 77.7 Å². The van der Waals surface area contributed by atoms with Gasteiger partial charge >= 0.3 is 0 Å². The summed E-state index contributed by atoms with van der Waals surface area (Å²) in [6.45, 7) is 0.838. The highest BCUT2D eigenvalue weighted by Crippen LogP contribution is 2.31. The standard InChI is InChI=1S/C23H22N2O2S2/c1-24(17-19-11-6-3-7-12-19)21(26)15-16-25-22(27)20(29-23(25)28)14-8-13-18-9-4-2-5-10-18/h2-14H,15-17H2,1H3. The van der Waals surface area contributed by atoms with Gasteiger partial charge in [0.15, 0.2) is 0 Å². The predicted molar refractivity (Wildman–Crippen MR) is 123 cm³/mol. The maximum Gasteiger partial charge on any atom is 0.266 e. The SMILES string of the molecule is CN(Cc1ccccc1)C(=O)CCN1C(=O)C(=CC=Cc2ccccc2)SC1=S. The Bertz CT molecular complexity index is 940. The van der Waals surface area contributed by atoms with E-state index in [1.807, 2.05) is 72.8 Å². The quantitative estimate of drug-likeness (QED) is 0.487. The maximum absolute atomic E-state index is 12.6. The Labute approximate surface area is 180 Å². The third-order valence-corrected chi connectivity index (χ3v) is 5.84. The summed E-state index contributed by atoms with van der Waals surface area (Å²) in [6.07, 6.45) is 5.80. The zero-order valence-electron chi connectivity index (χ0n) is 16.2. The Morgan fingerprint density at radius 3 is 2.45 bits per heavy atom. The highest BCUT2D eigenvalue weighted by molar-refractivity contribution is 8.26. The number of benzene rings is 2. The molecule has 148 valence electrons. The molecule has 1 aliphatic rings. The fraction of sp³-hybridized carbons (Fsp3) is 0.174. The molecule has 2 amide bonds. The first kappa shape index (κ1) is 21.0. The highest BCUT2D eigenvalue weighted by atomic mass is 32.2. The summed E-state index contributed by atoms with van der Waals surface area (Å²) >= 11 is 6.61. The lowest BCUT2D eigenvalue weighted by Gasteiger charge is -2.19. The molecule has 1 heterocycles. The first-order valence-electron chi connectivity index (χ1n) is 9.29. The van der Waals surface area contributed by atoms with E-state index < -0.39 is 0 Å². The number of amides is 2. The van der Waals surface area contributed by atoms with Gasteiger partial charge in [0.1, 0.15) is 4.32 Å². The summed E-state index contributed by atoms with van der Waals surface area (Å²) in [5.74, 6) is -0.160. The van der Waals surface area contributed by atoms with Crippen molar-refractivity contribution in [3.05, 3.63) is 88.8 Å². The van der Waals surface area contributed by atoms with Crippen LogP contribution in [-0.4, -0.2) is 39.5 Å². The van der Waals surface area contributed by atoms with Gasteiger partial charge in [0.2, 0.25) is 5.91 Å². The lowest BCUT2D eigenvalue weighted by Crippen LogP contribution is -2.34. The normalized spacial score (nSPS) is 15.5. The summed E-state index contributed by atoms with van der Waals surface area (Å²) in [5.41, 5.74) is 2.13. The molecular weight excluding hydrogens is 400 g/mol. The molecule has 0 unspecified atom stereocenters. The third-order valence-electron chi connectivity index (χ3n) is 4.45. The van der Waals surface area contributed by atoms with Gasteiger partial charge in [-0.3, -0.25) is 14.5 Å². The summed E-state index contributed by atoms with van der Waals surface area (Å²) in [6, 6.07) is 19.7. The van der Waals surface area contributed by atoms with E-state index in [1.54, 1.807) is 18.0 Å². The second-order valence-electron chi connectivity index (χ2n) is 6.61. The van der Waals surface area contributed by atoms with E-state index in [4.69, 9.17) is 12.2 Å². The summed E-state index contributed by atoms with van der Waals surface area (Å²) in [7, 11) is 1.77. The first-order valence-corrected chi connectivity index (χ1v) is 10.5. The number of hydrogen-bond donors (Lipinski definition) is 0. The minimum atomic E-state index is -0.142.